The largest absolute Gasteiger partial charge is 0.477 e. The number of rotatable bonds is 5. The van der Waals surface area contributed by atoms with Crippen molar-refractivity contribution in [1.82, 2.24) is 10.3 Å². The van der Waals surface area contributed by atoms with Crippen LogP contribution in [0.2, 0.25) is 5.02 Å². The van der Waals surface area contributed by atoms with Crippen molar-refractivity contribution in [2.75, 3.05) is 12.3 Å². The number of nitriles is 1. The van der Waals surface area contributed by atoms with Gasteiger partial charge >= 0.3 is 0 Å². The zero-order chi connectivity index (χ0) is 16.8. The van der Waals surface area contributed by atoms with Gasteiger partial charge in [0.1, 0.15) is 17.3 Å². The number of hydrogen-bond donors (Lipinski definition) is 2. The minimum absolute atomic E-state index is 0.0536. The zero-order valence-corrected chi connectivity index (χ0v) is 13.2. The monoisotopic (exact) mass is 330 g/mol. The van der Waals surface area contributed by atoms with Crippen LogP contribution in [0.15, 0.2) is 30.3 Å². The lowest BCUT2D eigenvalue weighted by Gasteiger charge is -2.10. The van der Waals surface area contributed by atoms with E-state index in [4.69, 9.17) is 27.3 Å². The highest BCUT2D eigenvalue weighted by Gasteiger charge is 2.16. The van der Waals surface area contributed by atoms with Crippen LogP contribution in [0, 0.1) is 11.3 Å². The summed E-state index contributed by atoms with van der Waals surface area (Å²) in [6.45, 7) is 2.32. The Labute approximate surface area is 138 Å². The molecule has 0 aliphatic heterocycles. The summed E-state index contributed by atoms with van der Waals surface area (Å²) in [6, 6.07) is 10.5. The molecule has 0 atom stereocenters. The molecule has 0 radical (unpaired) electrons. The lowest BCUT2D eigenvalue weighted by molar-refractivity contribution is 0.0945. The normalized spacial score (nSPS) is 9.96. The van der Waals surface area contributed by atoms with Crippen LogP contribution in [0.5, 0.6) is 5.88 Å². The molecule has 1 amide bonds. The first-order chi connectivity index (χ1) is 11.1. The first-order valence-corrected chi connectivity index (χ1v) is 7.29. The minimum Gasteiger partial charge on any atom is -0.477 e. The molecule has 7 heteroatoms. The number of hydrogen-bond acceptors (Lipinski definition) is 5. The number of nitrogens with zero attached hydrogens (tertiary/aromatic N) is 2. The molecule has 0 bridgehead atoms. The Bertz CT molecular complexity index is 771. The fraction of sp³-hybridized carbons (Fsp3) is 0.188. The third-order valence-electron chi connectivity index (χ3n) is 3.04. The summed E-state index contributed by atoms with van der Waals surface area (Å²) in [4.78, 5) is 16.3. The second kappa shape index (κ2) is 7.47. The Kier molecular flexibility index (Phi) is 5.39. The molecular formula is C16H15ClN4O2. The smallest absolute Gasteiger partial charge is 0.270 e. The summed E-state index contributed by atoms with van der Waals surface area (Å²) in [6.07, 6.45) is 0. The second-order valence-corrected chi connectivity index (χ2v) is 5.00. The molecule has 2 aromatic rings. The highest BCUT2D eigenvalue weighted by atomic mass is 35.5. The van der Waals surface area contributed by atoms with E-state index in [0.29, 0.717) is 11.6 Å². The number of carbonyl (C=O) groups is 1. The molecule has 0 aliphatic rings. The van der Waals surface area contributed by atoms with Gasteiger partial charge in [0.25, 0.3) is 5.91 Å². The summed E-state index contributed by atoms with van der Waals surface area (Å²) in [5, 5.41) is 12.3. The van der Waals surface area contributed by atoms with Crippen LogP contribution >= 0.6 is 11.6 Å². The first kappa shape index (κ1) is 16.6. The third-order valence-corrected chi connectivity index (χ3v) is 3.41. The van der Waals surface area contributed by atoms with Crippen LogP contribution < -0.4 is 15.8 Å². The highest BCUT2D eigenvalue weighted by Crippen LogP contribution is 2.23. The van der Waals surface area contributed by atoms with Crippen molar-refractivity contribution >= 4 is 23.2 Å². The minimum atomic E-state index is -0.429. The molecule has 118 valence electrons. The molecule has 0 aliphatic carbocycles. The van der Waals surface area contributed by atoms with Crippen LogP contribution in [0.25, 0.3) is 0 Å². The van der Waals surface area contributed by atoms with Gasteiger partial charge in [-0.3, -0.25) is 4.79 Å². The molecule has 3 N–H and O–H groups in total. The number of nitrogen functional groups attached to an aromatic ring is 1. The van der Waals surface area contributed by atoms with Crippen LogP contribution in [-0.4, -0.2) is 17.5 Å². The molecule has 1 aromatic heterocycles. The van der Waals surface area contributed by atoms with Gasteiger partial charge in [0, 0.05) is 11.6 Å². The SMILES string of the molecule is CCOc1nc(C(=O)NCc2ccccc2Cl)cc(N)c1C#N. The number of nitrogens with one attached hydrogen (secondary N) is 1. The Morgan fingerprint density at radius 3 is 2.87 bits per heavy atom. The summed E-state index contributed by atoms with van der Waals surface area (Å²) in [7, 11) is 0. The summed E-state index contributed by atoms with van der Waals surface area (Å²) >= 11 is 6.04. The van der Waals surface area contributed by atoms with E-state index in [0.717, 1.165) is 5.56 Å². The van der Waals surface area contributed by atoms with E-state index in [1.807, 2.05) is 24.3 Å². The second-order valence-electron chi connectivity index (χ2n) is 4.60. The number of aromatic nitrogens is 1. The van der Waals surface area contributed by atoms with Crippen molar-refractivity contribution in [3.63, 3.8) is 0 Å². The third kappa shape index (κ3) is 3.90. The van der Waals surface area contributed by atoms with Crippen LogP contribution in [-0.2, 0) is 6.54 Å². The lowest BCUT2D eigenvalue weighted by Crippen LogP contribution is -2.24. The molecule has 6 nitrogen and oxygen atoms in total. The van der Waals surface area contributed by atoms with E-state index in [9.17, 15) is 4.79 Å². The number of anilines is 1. The Morgan fingerprint density at radius 1 is 1.48 bits per heavy atom. The molecule has 0 spiro atoms. The zero-order valence-electron chi connectivity index (χ0n) is 12.5. The number of halogens is 1. The van der Waals surface area contributed by atoms with Crippen molar-refractivity contribution in [3.8, 4) is 11.9 Å². The molecule has 1 aromatic carbocycles. The molecule has 0 saturated heterocycles. The van der Waals surface area contributed by atoms with Gasteiger partial charge in [-0.15, -0.1) is 0 Å². The van der Waals surface area contributed by atoms with Gasteiger partial charge in [-0.2, -0.15) is 5.26 Å². The first-order valence-electron chi connectivity index (χ1n) is 6.91. The highest BCUT2D eigenvalue weighted by molar-refractivity contribution is 6.31. The number of nitrogens with two attached hydrogens (primary N) is 1. The van der Waals surface area contributed by atoms with Crippen LogP contribution in [0.4, 0.5) is 5.69 Å². The van der Waals surface area contributed by atoms with Gasteiger partial charge in [-0.25, -0.2) is 4.98 Å². The van der Waals surface area contributed by atoms with Crippen LogP contribution in [0.3, 0.4) is 0 Å². The van der Waals surface area contributed by atoms with Gasteiger partial charge in [0.15, 0.2) is 0 Å². The van der Waals surface area contributed by atoms with E-state index in [2.05, 4.69) is 10.3 Å². The van der Waals surface area contributed by atoms with Gasteiger partial charge in [0.2, 0.25) is 5.88 Å². The molecule has 2 rings (SSSR count). The molecule has 0 fully saturated rings. The summed E-state index contributed by atoms with van der Waals surface area (Å²) < 4.78 is 5.27. The van der Waals surface area contributed by atoms with Crippen molar-refractivity contribution in [2.24, 2.45) is 0 Å². The fourth-order valence-corrected chi connectivity index (χ4v) is 2.12. The fourth-order valence-electron chi connectivity index (χ4n) is 1.92. The Balaban J connectivity index is 2.19. The predicted molar refractivity (Wildman–Crippen MR) is 87.2 cm³/mol. The van der Waals surface area contributed by atoms with Gasteiger partial charge in [-0.1, -0.05) is 29.8 Å². The Hall–Kier alpha value is -2.78. The Morgan fingerprint density at radius 2 is 2.22 bits per heavy atom. The number of ether oxygens (including phenoxy) is 1. The van der Waals surface area contributed by atoms with Gasteiger partial charge < -0.3 is 15.8 Å². The number of benzene rings is 1. The van der Waals surface area contributed by atoms with E-state index in [1.54, 1.807) is 13.0 Å². The van der Waals surface area contributed by atoms with E-state index >= 15 is 0 Å². The van der Waals surface area contributed by atoms with Gasteiger partial charge in [-0.05, 0) is 24.6 Å². The number of pyridine rings is 1. The van der Waals surface area contributed by atoms with Crippen LogP contribution in [0.1, 0.15) is 28.5 Å². The topological polar surface area (TPSA) is 101 Å². The average molecular weight is 331 g/mol. The molecular weight excluding hydrogens is 316 g/mol. The van der Waals surface area contributed by atoms with Crippen molar-refractivity contribution in [1.29, 1.82) is 5.26 Å². The number of amides is 1. The lowest BCUT2D eigenvalue weighted by atomic mass is 10.2. The summed E-state index contributed by atoms with van der Waals surface area (Å²) in [5.74, 6) is -0.375. The maximum atomic E-state index is 12.2. The molecule has 0 saturated carbocycles. The predicted octanol–water partition coefficient (Wildman–Crippen LogP) is 2.52. The van der Waals surface area contributed by atoms with E-state index in [1.165, 1.54) is 6.07 Å². The van der Waals surface area contributed by atoms with E-state index < -0.39 is 5.91 Å². The molecule has 0 unspecified atom stereocenters. The van der Waals surface area contributed by atoms with Crippen molar-refractivity contribution < 1.29 is 9.53 Å². The van der Waals surface area contributed by atoms with Gasteiger partial charge in [0.05, 0.1) is 12.3 Å². The molecule has 23 heavy (non-hydrogen) atoms. The maximum Gasteiger partial charge on any atom is 0.270 e. The number of carbonyl (C=O) groups excluding carboxylic acids is 1. The molecule has 1 heterocycles. The van der Waals surface area contributed by atoms with Crippen molar-refractivity contribution in [2.45, 2.75) is 13.5 Å². The average Bonchev–Trinajstić information content (AvgIpc) is 2.54. The quantitative estimate of drug-likeness (QED) is 0.877. The standard InChI is InChI=1S/C16H15ClN4O2/c1-2-23-16-11(8-18)13(19)7-14(21-16)15(22)20-9-10-5-3-4-6-12(10)17/h3-7H,2,9H2,1H3,(H2,19,21)(H,20,22). The summed E-state index contributed by atoms with van der Waals surface area (Å²) in [5.41, 5.74) is 6.92. The van der Waals surface area contributed by atoms with Crippen molar-refractivity contribution in [3.05, 3.63) is 52.2 Å². The maximum absolute atomic E-state index is 12.2. The van der Waals surface area contributed by atoms with E-state index in [-0.39, 0.29) is 29.4 Å².